The molecule has 88 valence electrons. The molecule has 0 saturated carbocycles. The van der Waals surface area contributed by atoms with Gasteiger partial charge in [0, 0.05) is 18.4 Å². The van der Waals surface area contributed by atoms with E-state index in [0.29, 0.717) is 0 Å². The predicted molar refractivity (Wildman–Crippen MR) is 62.8 cm³/mol. The highest BCUT2D eigenvalue weighted by Gasteiger charge is 2.22. The Hall–Kier alpha value is -0.940. The van der Waals surface area contributed by atoms with Crippen molar-refractivity contribution in [3.8, 4) is 0 Å². The average Bonchev–Trinajstić information content (AvgIpc) is 2.70. The van der Waals surface area contributed by atoms with Crippen LogP contribution in [0.1, 0.15) is 18.4 Å². The van der Waals surface area contributed by atoms with Crippen molar-refractivity contribution >= 4 is 9.84 Å². The molecule has 0 spiro atoms. The van der Waals surface area contributed by atoms with Crippen molar-refractivity contribution in [1.29, 1.82) is 0 Å². The molecule has 0 aromatic carbocycles. The van der Waals surface area contributed by atoms with Gasteiger partial charge in [0.05, 0.1) is 11.5 Å². The van der Waals surface area contributed by atoms with Crippen LogP contribution in [0.3, 0.4) is 0 Å². The summed E-state index contributed by atoms with van der Waals surface area (Å²) in [6.45, 7) is 0.940. The van der Waals surface area contributed by atoms with Crippen molar-refractivity contribution in [3.63, 3.8) is 0 Å². The number of aromatic nitrogens is 1. The topological polar surface area (TPSA) is 59.1 Å². The number of pyridine rings is 1. The molecule has 4 nitrogen and oxygen atoms in total. The van der Waals surface area contributed by atoms with E-state index in [1.807, 2.05) is 0 Å². The second-order valence-electron chi connectivity index (χ2n) is 4.20. The first-order chi connectivity index (χ1) is 7.66. The van der Waals surface area contributed by atoms with Crippen LogP contribution >= 0.6 is 0 Å². The minimum Gasteiger partial charge on any atom is -0.313 e. The van der Waals surface area contributed by atoms with E-state index in [2.05, 4.69) is 10.3 Å². The summed E-state index contributed by atoms with van der Waals surface area (Å²) in [6.07, 6.45) is 5.29. The molecule has 1 saturated heterocycles. The molecule has 1 fully saturated rings. The number of rotatable bonds is 4. The molecule has 1 aliphatic rings. The molecule has 0 amide bonds. The maximum absolute atomic E-state index is 11.9. The van der Waals surface area contributed by atoms with E-state index in [1.54, 1.807) is 24.5 Å². The van der Waals surface area contributed by atoms with Crippen LogP contribution < -0.4 is 5.32 Å². The normalized spacial score (nSPS) is 21.1. The molecular weight excluding hydrogens is 224 g/mol. The SMILES string of the molecule is O=S(=O)(Cc1ccncc1)C[C@@H]1CCCN1. The summed E-state index contributed by atoms with van der Waals surface area (Å²) in [5.74, 6) is 0.364. The van der Waals surface area contributed by atoms with Crippen LogP contribution in [0.5, 0.6) is 0 Å². The Morgan fingerprint density at radius 2 is 2.12 bits per heavy atom. The van der Waals surface area contributed by atoms with Crippen LogP contribution in [0.2, 0.25) is 0 Å². The van der Waals surface area contributed by atoms with Crippen LogP contribution in [0.25, 0.3) is 0 Å². The molecule has 1 aromatic heterocycles. The third-order valence-electron chi connectivity index (χ3n) is 2.75. The molecule has 2 rings (SSSR count). The van der Waals surface area contributed by atoms with Crippen molar-refractivity contribution in [2.45, 2.75) is 24.6 Å². The van der Waals surface area contributed by atoms with E-state index < -0.39 is 9.84 Å². The van der Waals surface area contributed by atoms with E-state index in [9.17, 15) is 8.42 Å². The summed E-state index contributed by atoms with van der Waals surface area (Å²) in [5.41, 5.74) is 0.813. The molecule has 0 bridgehead atoms. The van der Waals surface area contributed by atoms with E-state index in [0.717, 1.165) is 24.9 Å². The first kappa shape index (κ1) is 11.5. The summed E-state index contributed by atoms with van der Waals surface area (Å²) in [7, 11) is -3.01. The Morgan fingerprint density at radius 1 is 1.38 bits per heavy atom. The lowest BCUT2D eigenvalue weighted by atomic mass is 10.3. The van der Waals surface area contributed by atoms with Crippen LogP contribution in [-0.2, 0) is 15.6 Å². The Balaban J connectivity index is 1.97. The van der Waals surface area contributed by atoms with Gasteiger partial charge in [-0.15, -0.1) is 0 Å². The molecule has 0 radical (unpaired) electrons. The zero-order valence-corrected chi connectivity index (χ0v) is 9.91. The van der Waals surface area contributed by atoms with Gasteiger partial charge < -0.3 is 5.32 Å². The summed E-state index contributed by atoms with van der Waals surface area (Å²) in [4.78, 5) is 3.87. The van der Waals surface area contributed by atoms with Gasteiger partial charge in [-0.25, -0.2) is 8.42 Å². The molecule has 16 heavy (non-hydrogen) atoms. The van der Waals surface area contributed by atoms with Crippen LogP contribution in [0, 0.1) is 0 Å². The van der Waals surface area contributed by atoms with Gasteiger partial charge in [0.15, 0.2) is 9.84 Å². The number of sulfone groups is 1. The fourth-order valence-corrected chi connectivity index (χ4v) is 3.71. The molecule has 2 heterocycles. The van der Waals surface area contributed by atoms with E-state index >= 15 is 0 Å². The van der Waals surface area contributed by atoms with Gasteiger partial charge in [-0.3, -0.25) is 4.98 Å². The second-order valence-corrected chi connectivity index (χ2v) is 6.31. The Morgan fingerprint density at radius 3 is 2.75 bits per heavy atom. The van der Waals surface area contributed by atoms with Crippen LogP contribution in [-0.4, -0.2) is 31.7 Å². The molecule has 1 atom stereocenters. The zero-order valence-electron chi connectivity index (χ0n) is 9.09. The van der Waals surface area contributed by atoms with Crippen molar-refractivity contribution in [2.75, 3.05) is 12.3 Å². The van der Waals surface area contributed by atoms with Gasteiger partial charge in [-0.2, -0.15) is 0 Å². The third kappa shape index (κ3) is 3.28. The Labute approximate surface area is 96.0 Å². The highest BCUT2D eigenvalue weighted by atomic mass is 32.2. The molecule has 1 N–H and O–H groups in total. The van der Waals surface area contributed by atoms with Gasteiger partial charge in [-0.05, 0) is 37.1 Å². The van der Waals surface area contributed by atoms with Gasteiger partial charge in [0.1, 0.15) is 0 Å². The summed E-state index contributed by atoms with van der Waals surface area (Å²) < 4.78 is 23.8. The highest BCUT2D eigenvalue weighted by molar-refractivity contribution is 7.90. The van der Waals surface area contributed by atoms with Crippen molar-refractivity contribution < 1.29 is 8.42 Å². The molecule has 5 heteroatoms. The quantitative estimate of drug-likeness (QED) is 0.843. The first-order valence-electron chi connectivity index (χ1n) is 5.48. The highest BCUT2D eigenvalue weighted by Crippen LogP contribution is 2.11. The van der Waals surface area contributed by atoms with E-state index in [1.165, 1.54) is 0 Å². The Kier molecular flexibility index (Phi) is 3.56. The Bertz CT molecular complexity index is 425. The van der Waals surface area contributed by atoms with Gasteiger partial charge in [-0.1, -0.05) is 0 Å². The first-order valence-corrected chi connectivity index (χ1v) is 7.30. The van der Waals surface area contributed by atoms with Crippen molar-refractivity contribution in [3.05, 3.63) is 30.1 Å². The van der Waals surface area contributed by atoms with E-state index in [4.69, 9.17) is 0 Å². The van der Waals surface area contributed by atoms with Gasteiger partial charge in [0.2, 0.25) is 0 Å². The zero-order chi connectivity index (χ0) is 11.4. The molecule has 0 unspecified atom stereocenters. The van der Waals surface area contributed by atoms with Gasteiger partial charge in [0.25, 0.3) is 0 Å². The molecular formula is C11H16N2O2S. The van der Waals surface area contributed by atoms with Crippen LogP contribution in [0.15, 0.2) is 24.5 Å². The number of hydrogen-bond acceptors (Lipinski definition) is 4. The maximum Gasteiger partial charge on any atom is 0.155 e. The summed E-state index contributed by atoms with van der Waals surface area (Å²) >= 11 is 0. The molecule has 1 aliphatic heterocycles. The van der Waals surface area contributed by atoms with E-state index in [-0.39, 0.29) is 17.5 Å². The smallest absolute Gasteiger partial charge is 0.155 e. The fourth-order valence-electron chi connectivity index (χ4n) is 2.00. The summed E-state index contributed by atoms with van der Waals surface area (Å²) in [6, 6.07) is 3.64. The number of nitrogens with zero attached hydrogens (tertiary/aromatic N) is 1. The van der Waals surface area contributed by atoms with Crippen LogP contribution in [0.4, 0.5) is 0 Å². The maximum atomic E-state index is 11.9. The molecule has 0 aliphatic carbocycles. The van der Waals surface area contributed by atoms with Crippen molar-refractivity contribution in [2.24, 2.45) is 0 Å². The lowest BCUT2D eigenvalue weighted by Crippen LogP contribution is -2.30. The third-order valence-corrected chi connectivity index (χ3v) is 4.44. The monoisotopic (exact) mass is 240 g/mol. The minimum absolute atomic E-state index is 0.119. The minimum atomic E-state index is -3.01. The fraction of sp³-hybridized carbons (Fsp3) is 0.545. The average molecular weight is 240 g/mol. The number of hydrogen-bond donors (Lipinski definition) is 1. The second kappa shape index (κ2) is 4.93. The lowest BCUT2D eigenvalue weighted by molar-refractivity contribution is 0.576. The lowest BCUT2D eigenvalue weighted by Gasteiger charge is -2.10. The standard InChI is InChI=1S/C11H16N2O2S/c14-16(15,9-11-2-1-5-13-11)8-10-3-6-12-7-4-10/h3-4,6-7,11,13H,1-2,5,8-9H2/t11-/m0/s1. The number of nitrogens with one attached hydrogen (secondary N) is 1. The van der Waals surface area contributed by atoms with Gasteiger partial charge >= 0.3 is 0 Å². The van der Waals surface area contributed by atoms with Crippen molar-refractivity contribution in [1.82, 2.24) is 10.3 Å². The summed E-state index contributed by atoms with van der Waals surface area (Å²) in [5, 5.41) is 3.21. The largest absolute Gasteiger partial charge is 0.313 e. The molecule has 1 aromatic rings. The predicted octanol–water partition coefficient (Wildman–Crippen LogP) is 0.748.